The van der Waals surface area contributed by atoms with Crippen LogP contribution in [0.2, 0.25) is 0 Å². The minimum Gasteiger partial charge on any atom is -0.372 e. The fourth-order valence-electron chi connectivity index (χ4n) is 3.49. The second-order valence-corrected chi connectivity index (χ2v) is 8.20. The van der Waals surface area contributed by atoms with Crippen LogP contribution < -0.4 is 20.9 Å². The molecule has 0 aliphatic carbocycles. The van der Waals surface area contributed by atoms with Crippen molar-refractivity contribution in [3.8, 4) is 0 Å². The number of benzene rings is 1. The molecule has 1 aromatic carbocycles. The summed E-state index contributed by atoms with van der Waals surface area (Å²) in [5.74, 6) is 0.736. The van der Waals surface area contributed by atoms with Crippen molar-refractivity contribution in [1.29, 1.82) is 0 Å². The van der Waals surface area contributed by atoms with Crippen LogP contribution in [0.1, 0.15) is 43.6 Å². The van der Waals surface area contributed by atoms with E-state index < -0.39 is 0 Å². The van der Waals surface area contributed by atoms with Crippen LogP contribution in [0, 0.1) is 0 Å². The molecule has 2 aromatic rings. The number of aromatic nitrogens is 1. The van der Waals surface area contributed by atoms with E-state index in [1.807, 2.05) is 26.0 Å². The van der Waals surface area contributed by atoms with E-state index in [0.29, 0.717) is 17.8 Å². The minimum atomic E-state index is -0.274. The molecular formula is C23H31N5O3. The molecule has 31 heavy (non-hydrogen) atoms. The third-order valence-electron chi connectivity index (χ3n) is 4.83. The highest BCUT2D eigenvalue weighted by atomic mass is 16.5. The Labute approximate surface area is 183 Å². The normalized spacial score (nSPS) is 18.5. The van der Waals surface area contributed by atoms with Gasteiger partial charge in [0.2, 0.25) is 0 Å². The van der Waals surface area contributed by atoms with Crippen LogP contribution in [-0.2, 0) is 11.3 Å². The van der Waals surface area contributed by atoms with Crippen molar-refractivity contribution >= 4 is 23.4 Å². The summed E-state index contributed by atoms with van der Waals surface area (Å²) in [6, 6.07) is 10.5. The van der Waals surface area contributed by atoms with Crippen LogP contribution in [0.5, 0.6) is 0 Å². The Hall–Kier alpha value is -3.13. The smallest absolute Gasteiger partial charge is 0.319 e. The van der Waals surface area contributed by atoms with Gasteiger partial charge in [0.05, 0.1) is 12.2 Å². The molecule has 0 saturated carbocycles. The van der Waals surface area contributed by atoms with Crippen LogP contribution in [0.4, 0.5) is 16.3 Å². The minimum absolute atomic E-state index is 0.0506. The standard InChI is InChI=1S/C23H31N5O3/c1-15(2)26-23(30)27-20-8-6-19(7-9-20)22(29)25-12-18-5-10-21(24-11-18)28-13-16(3)31-17(4)14-28/h5-11,15-17H,12-14H2,1-4H3,(H,25,29)(H2,26,27,30). The van der Waals surface area contributed by atoms with Gasteiger partial charge in [0.25, 0.3) is 5.91 Å². The highest BCUT2D eigenvalue weighted by molar-refractivity contribution is 5.95. The molecule has 1 saturated heterocycles. The van der Waals surface area contributed by atoms with Crippen molar-refractivity contribution in [1.82, 2.24) is 15.6 Å². The Morgan fingerprint density at radius 1 is 1.10 bits per heavy atom. The Kier molecular flexibility index (Phi) is 7.46. The SMILES string of the molecule is CC(C)NC(=O)Nc1ccc(C(=O)NCc2ccc(N3CC(C)OC(C)C3)nc2)cc1. The summed E-state index contributed by atoms with van der Waals surface area (Å²) < 4.78 is 5.77. The van der Waals surface area contributed by atoms with Gasteiger partial charge >= 0.3 is 6.03 Å². The average molecular weight is 426 g/mol. The molecule has 166 valence electrons. The van der Waals surface area contributed by atoms with E-state index in [9.17, 15) is 9.59 Å². The number of rotatable bonds is 6. The van der Waals surface area contributed by atoms with Crippen molar-refractivity contribution in [2.75, 3.05) is 23.3 Å². The number of amides is 3. The van der Waals surface area contributed by atoms with E-state index in [1.165, 1.54) is 0 Å². The maximum Gasteiger partial charge on any atom is 0.319 e. The van der Waals surface area contributed by atoms with Gasteiger partial charge in [-0.3, -0.25) is 4.79 Å². The summed E-state index contributed by atoms with van der Waals surface area (Å²) >= 11 is 0. The molecule has 0 spiro atoms. The predicted octanol–water partition coefficient (Wildman–Crippen LogP) is 3.16. The summed E-state index contributed by atoms with van der Waals surface area (Å²) in [4.78, 5) is 30.9. The number of carbonyl (C=O) groups is 2. The number of ether oxygens (including phenoxy) is 1. The molecular weight excluding hydrogens is 394 g/mol. The zero-order chi connectivity index (χ0) is 22.4. The van der Waals surface area contributed by atoms with Crippen molar-refractivity contribution in [2.45, 2.75) is 52.5 Å². The first kappa shape index (κ1) is 22.6. The van der Waals surface area contributed by atoms with Gasteiger partial charge in [-0.1, -0.05) is 6.07 Å². The number of pyridine rings is 1. The van der Waals surface area contributed by atoms with E-state index in [-0.39, 0.29) is 30.2 Å². The number of carbonyl (C=O) groups excluding carboxylic acids is 2. The van der Waals surface area contributed by atoms with Crippen LogP contribution in [0.15, 0.2) is 42.6 Å². The van der Waals surface area contributed by atoms with Gasteiger partial charge in [-0.15, -0.1) is 0 Å². The maximum absolute atomic E-state index is 12.4. The lowest BCUT2D eigenvalue weighted by atomic mass is 10.2. The molecule has 3 N–H and O–H groups in total. The molecule has 0 bridgehead atoms. The van der Waals surface area contributed by atoms with Crippen molar-refractivity contribution in [3.63, 3.8) is 0 Å². The third-order valence-corrected chi connectivity index (χ3v) is 4.83. The number of hydrogen-bond acceptors (Lipinski definition) is 5. The monoisotopic (exact) mass is 425 g/mol. The fourth-order valence-corrected chi connectivity index (χ4v) is 3.49. The number of nitrogens with one attached hydrogen (secondary N) is 3. The molecule has 2 heterocycles. The number of anilines is 2. The second-order valence-electron chi connectivity index (χ2n) is 8.20. The Balaban J connectivity index is 1.50. The van der Waals surface area contributed by atoms with Gasteiger partial charge in [0.15, 0.2) is 0 Å². The summed E-state index contributed by atoms with van der Waals surface area (Å²) in [7, 11) is 0. The summed E-state index contributed by atoms with van der Waals surface area (Å²) in [5.41, 5.74) is 2.08. The first-order valence-electron chi connectivity index (χ1n) is 10.6. The number of morpholine rings is 1. The van der Waals surface area contributed by atoms with Crippen LogP contribution in [0.3, 0.4) is 0 Å². The molecule has 1 aliphatic heterocycles. The number of nitrogens with zero attached hydrogens (tertiary/aromatic N) is 2. The van der Waals surface area contributed by atoms with Gasteiger partial charge < -0.3 is 25.6 Å². The van der Waals surface area contributed by atoms with Gasteiger partial charge in [0.1, 0.15) is 5.82 Å². The molecule has 1 fully saturated rings. The lowest BCUT2D eigenvalue weighted by Crippen LogP contribution is -2.45. The Morgan fingerprint density at radius 3 is 2.35 bits per heavy atom. The molecule has 8 heteroatoms. The molecule has 8 nitrogen and oxygen atoms in total. The van der Waals surface area contributed by atoms with E-state index in [4.69, 9.17) is 4.74 Å². The largest absolute Gasteiger partial charge is 0.372 e. The van der Waals surface area contributed by atoms with E-state index in [1.54, 1.807) is 30.5 Å². The summed E-state index contributed by atoms with van der Waals surface area (Å²) in [5, 5.41) is 8.39. The van der Waals surface area contributed by atoms with E-state index in [2.05, 4.69) is 39.7 Å². The van der Waals surface area contributed by atoms with Gasteiger partial charge in [0, 0.05) is 43.1 Å². The fraction of sp³-hybridized carbons (Fsp3) is 0.435. The molecule has 1 aliphatic rings. The van der Waals surface area contributed by atoms with E-state index in [0.717, 1.165) is 24.5 Å². The number of hydrogen-bond donors (Lipinski definition) is 3. The first-order chi connectivity index (χ1) is 14.8. The van der Waals surface area contributed by atoms with Crippen LogP contribution >= 0.6 is 0 Å². The van der Waals surface area contributed by atoms with Crippen molar-refractivity contribution in [2.24, 2.45) is 0 Å². The maximum atomic E-state index is 12.4. The average Bonchev–Trinajstić information content (AvgIpc) is 2.71. The van der Waals surface area contributed by atoms with Gasteiger partial charge in [-0.25, -0.2) is 9.78 Å². The van der Waals surface area contributed by atoms with Crippen molar-refractivity contribution in [3.05, 3.63) is 53.7 Å². The molecule has 3 rings (SSSR count). The molecule has 1 aromatic heterocycles. The topological polar surface area (TPSA) is 95.6 Å². The molecule has 3 amide bonds. The quantitative estimate of drug-likeness (QED) is 0.661. The summed E-state index contributed by atoms with van der Waals surface area (Å²) in [6.07, 6.45) is 2.15. The zero-order valence-electron chi connectivity index (χ0n) is 18.5. The number of urea groups is 1. The molecule has 2 atom stereocenters. The van der Waals surface area contributed by atoms with Crippen LogP contribution in [-0.4, -0.2) is 48.3 Å². The predicted molar refractivity (Wildman–Crippen MR) is 121 cm³/mol. The molecule has 2 unspecified atom stereocenters. The zero-order valence-corrected chi connectivity index (χ0v) is 18.5. The second kappa shape index (κ2) is 10.3. The Morgan fingerprint density at radius 2 is 1.77 bits per heavy atom. The van der Waals surface area contributed by atoms with Gasteiger partial charge in [-0.2, -0.15) is 0 Å². The lowest BCUT2D eigenvalue weighted by Gasteiger charge is -2.36. The first-order valence-corrected chi connectivity index (χ1v) is 10.6. The van der Waals surface area contributed by atoms with Gasteiger partial charge in [-0.05, 0) is 63.6 Å². The summed E-state index contributed by atoms with van der Waals surface area (Å²) in [6.45, 7) is 9.93. The highest BCUT2D eigenvalue weighted by Crippen LogP contribution is 2.18. The van der Waals surface area contributed by atoms with Crippen molar-refractivity contribution < 1.29 is 14.3 Å². The van der Waals surface area contributed by atoms with E-state index >= 15 is 0 Å². The van der Waals surface area contributed by atoms with Crippen LogP contribution in [0.25, 0.3) is 0 Å². The third kappa shape index (κ3) is 6.68. The lowest BCUT2D eigenvalue weighted by molar-refractivity contribution is -0.00546. The highest BCUT2D eigenvalue weighted by Gasteiger charge is 2.23. The molecule has 0 radical (unpaired) electrons. The Bertz CT molecular complexity index is 873.